The fourth-order valence-electron chi connectivity index (χ4n) is 7.85. The van der Waals surface area contributed by atoms with Crippen molar-refractivity contribution < 1.29 is 23.8 Å². The molecule has 2 aromatic rings. The van der Waals surface area contributed by atoms with E-state index in [-0.39, 0.29) is 23.2 Å². The first-order chi connectivity index (χ1) is 22.7. The molecule has 3 aliphatic rings. The molecule has 10 heteroatoms. The van der Waals surface area contributed by atoms with E-state index < -0.39 is 12.1 Å². The second kappa shape index (κ2) is 15.4. The van der Waals surface area contributed by atoms with Crippen LogP contribution in [0.1, 0.15) is 82.9 Å². The second-order valence-electron chi connectivity index (χ2n) is 13.3. The fourth-order valence-corrected chi connectivity index (χ4v) is 7.85. The third-order valence-electron chi connectivity index (χ3n) is 10.5. The Hall–Kier alpha value is -3.79. The molecule has 2 aromatic carbocycles. The number of methoxy groups -OCH3 is 3. The molecule has 47 heavy (non-hydrogen) atoms. The Kier molecular flexibility index (Phi) is 11.3. The second-order valence-corrected chi connectivity index (χ2v) is 13.3. The van der Waals surface area contributed by atoms with Gasteiger partial charge in [0.15, 0.2) is 11.5 Å². The molecular formula is C37H52N4O6. The van der Waals surface area contributed by atoms with Crippen LogP contribution in [0.25, 0.3) is 11.1 Å². The number of nitrogens with one attached hydrogen (secondary N) is 3. The maximum atomic E-state index is 14.0. The van der Waals surface area contributed by atoms with Gasteiger partial charge in [0.05, 0.1) is 33.1 Å². The Bertz CT molecular complexity index is 1510. The molecule has 0 bridgehead atoms. The summed E-state index contributed by atoms with van der Waals surface area (Å²) in [6.45, 7) is 8.54. The number of rotatable bonds is 11. The Morgan fingerprint density at radius 2 is 1.74 bits per heavy atom. The SMILES string of the molecule is CC[C@@H](C)[C@H](Nc1ccc2c(cc1=O)[C@@H](NC(C)=O)CCc1cc(OC)c(OC)c(OC)c1-2)C(=O)NC[C@@H]1CCCN2CCCC[C@H]12. The summed E-state index contributed by atoms with van der Waals surface area (Å²) in [7, 11) is 4.73. The number of benzene rings is 1. The van der Waals surface area contributed by atoms with Crippen LogP contribution in [0.2, 0.25) is 0 Å². The van der Waals surface area contributed by atoms with Gasteiger partial charge in [0.1, 0.15) is 6.04 Å². The summed E-state index contributed by atoms with van der Waals surface area (Å²) in [4.78, 5) is 42.7. The van der Waals surface area contributed by atoms with Gasteiger partial charge in [0.2, 0.25) is 23.0 Å². The van der Waals surface area contributed by atoms with E-state index in [4.69, 9.17) is 14.2 Å². The minimum Gasteiger partial charge on any atom is -0.493 e. The first kappa shape index (κ1) is 34.5. The van der Waals surface area contributed by atoms with Gasteiger partial charge in [-0.1, -0.05) is 32.8 Å². The minimum atomic E-state index is -0.585. The van der Waals surface area contributed by atoms with Gasteiger partial charge in [0, 0.05) is 25.1 Å². The Morgan fingerprint density at radius 3 is 2.45 bits per heavy atom. The zero-order valence-electron chi connectivity index (χ0n) is 28.9. The zero-order chi connectivity index (χ0) is 33.7. The summed E-state index contributed by atoms with van der Waals surface area (Å²) < 4.78 is 17.3. The van der Waals surface area contributed by atoms with E-state index in [1.807, 2.05) is 19.1 Å². The highest BCUT2D eigenvalue weighted by atomic mass is 16.5. The van der Waals surface area contributed by atoms with Crippen LogP contribution >= 0.6 is 0 Å². The Balaban J connectivity index is 1.50. The first-order valence-electron chi connectivity index (χ1n) is 17.3. The Labute approximate surface area is 278 Å². The Morgan fingerprint density at radius 1 is 0.979 bits per heavy atom. The maximum absolute atomic E-state index is 14.0. The predicted molar refractivity (Wildman–Crippen MR) is 184 cm³/mol. The van der Waals surface area contributed by atoms with E-state index in [0.717, 1.165) is 42.6 Å². The van der Waals surface area contributed by atoms with Crippen molar-refractivity contribution >= 4 is 17.5 Å². The number of ether oxygens (including phenoxy) is 3. The van der Waals surface area contributed by atoms with Crippen molar-refractivity contribution in [3.8, 4) is 28.4 Å². The molecule has 2 heterocycles. The minimum absolute atomic E-state index is 0.0139. The van der Waals surface area contributed by atoms with Crippen LogP contribution in [-0.4, -0.2) is 69.8 Å². The average molecular weight is 649 g/mol. The molecule has 5 rings (SSSR count). The smallest absolute Gasteiger partial charge is 0.242 e. The van der Waals surface area contributed by atoms with Crippen LogP contribution in [0.5, 0.6) is 17.2 Å². The van der Waals surface area contributed by atoms with Crippen molar-refractivity contribution in [1.29, 1.82) is 0 Å². The van der Waals surface area contributed by atoms with Crippen molar-refractivity contribution in [2.24, 2.45) is 11.8 Å². The number of nitrogens with zero attached hydrogens (tertiary/aromatic N) is 1. The summed E-state index contributed by atoms with van der Waals surface area (Å²) in [5.74, 6) is 1.65. The van der Waals surface area contributed by atoms with Crippen LogP contribution in [0, 0.1) is 11.8 Å². The largest absolute Gasteiger partial charge is 0.493 e. The van der Waals surface area contributed by atoms with Crippen molar-refractivity contribution in [1.82, 2.24) is 15.5 Å². The number of carbonyl (C=O) groups excluding carboxylic acids is 2. The highest BCUT2D eigenvalue weighted by molar-refractivity contribution is 5.86. The molecule has 1 aliphatic carbocycles. The molecule has 0 aromatic heterocycles. The molecule has 2 fully saturated rings. The standard InChI is InChI=1S/C37H52N4O6/c1-7-22(2)34(37(44)38-21-25-11-10-18-41-17-9-8-12-30(25)41)40-29-16-14-26-27(20-31(29)43)28(39-23(3)42)15-13-24-19-32(45-4)35(46-5)36(47-6)33(24)26/h14,16,19-20,22,25,28,30,34H,7-13,15,17-18,21H2,1-6H3,(H,38,44)(H,39,42)(H,40,43)/t22-,25+,28+,30-,34+/m1/s1. The third kappa shape index (κ3) is 7.37. The number of piperidine rings is 2. The molecule has 0 saturated carbocycles. The monoisotopic (exact) mass is 648 g/mol. The lowest BCUT2D eigenvalue weighted by Gasteiger charge is -2.44. The van der Waals surface area contributed by atoms with Crippen molar-refractivity contribution in [2.75, 3.05) is 46.3 Å². The summed E-state index contributed by atoms with van der Waals surface area (Å²) in [6.07, 6.45) is 7.97. The van der Waals surface area contributed by atoms with Gasteiger partial charge in [0.25, 0.3) is 0 Å². The quantitative estimate of drug-likeness (QED) is 0.309. The summed E-state index contributed by atoms with van der Waals surface area (Å²) in [6, 6.07) is 6.71. The highest BCUT2D eigenvalue weighted by Gasteiger charge is 2.34. The molecule has 2 aliphatic heterocycles. The maximum Gasteiger partial charge on any atom is 0.242 e. The summed E-state index contributed by atoms with van der Waals surface area (Å²) in [5, 5.41) is 9.68. The van der Waals surface area contributed by atoms with Gasteiger partial charge in [-0.3, -0.25) is 14.4 Å². The molecule has 0 unspecified atom stereocenters. The topological polar surface area (TPSA) is 118 Å². The highest BCUT2D eigenvalue weighted by Crippen LogP contribution is 2.50. The molecular weight excluding hydrogens is 596 g/mol. The van der Waals surface area contributed by atoms with E-state index in [0.29, 0.717) is 59.8 Å². The van der Waals surface area contributed by atoms with Gasteiger partial charge < -0.3 is 35.1 Å². The van der Waals surface area contributed by atoms with Gasteiger partial charge in [-0.25, -0.2) is 0 Å². The zero-order valence-corrected chi connectivity index (χ0v) is 28.9. The van der Waals surface area contributed by atoms with Crippen molar-refractivity contribution in [3.05, 3.63) is 45.6 Å². The molecule has 3 N–H and O–H groups in total. The van der Waals surface area contributed by atoms with E-state index >= 15 is 0 Å². The number of fused-ring (bicyclic) bond motifs is 4. The lowest BCUT2D eigenvalue weighted by atomic mass is 9.83. The van der Waals surface area contributed by atoms with Crippen LogP contribution in [0.15, 0.2) is 29.1 Å². The van der Waals surface area contributed by atoms with E-state index in [9.17, 15) is 14.4 Å². The van der Waals surface area contributed by atoms with Crippen LogP contribution < -0.4 is 35.6 Å². The molecule has 5 atom stereocenters. The van der Waals surface area contributed by atoms with Crippen LogP contribution in [0.3, 0.4) is 0 Å². The normalized spacial score (nSPS) is 21.9. The molecule has 2 amide bonds. The number of carbonyl (C=O) groups is 2. The van der Waals surface area contributed by atoms with Crippen LogP contribution in [-0.2, 0) is 16.0 Å². The van der Waals surface area contributed by atoms with Crippen molar-refractivity contribution in [3.63, 3.8) is 0 Å². The number of hydrogen-bond acceptors (Lipinski definition) is 8. The number of amides is 2. The predicted octanol–water partition coefficient (Wildman–Crippen LogP) is 5.07. The van der Waals surface area contributed by atoms with Gasteiger partial charge >= 0.3 is 0 Å². The van der Waals surface area contributed by atoms with Gasteiger partial charge in [-0.2, -0.15) is 0 Å². The lowest BCUT2D eigenvalue weighted by Crippen LogP contribution is -2.52. The van der Waals surface area contributed by atoms with Gasteiger partial charge in [-0.15, -0.1) is 0 Å². The van der Waals surface area contributed by atoms with E-state index in [1.54, 1.807) is 33.5 Å². The fraction of sp³-hybridized carbons (Fsp3) is 0.595. The molecule has 10 nitrogen and oxygen atoms in total. The third-order valence-corrected chi connectivity index (χ3v) is 10.5. The lowest BCUT2D eigenvalue weighted by molar-refractivity contribution is -0.123. The number of anilines is 1. The summed E-state index contributed by atoms with van der Waals surface area (Å²) in [5.41, 5.74) is 3.25. The summed E-state index contributed by atoms with van der Waals surface area (Å²) >= 11 is 0. The first-order valence-corrected chi connectivity index (χ1v) is 17.3. The average Bonchev–Trinajstić information content (AvgIpc) is 3.32. The van der Waals surface area contributed by atoms with Gasteiger partial charge in [-0.05, 0) is 98.3 Å². The van der Waals surface area contributed by atoms with E-state index in [2.05, 4.69) is 27.8 Å². The molecule has 256 valence electrons. The molecule has 0 radical (unpaired) electrons. The van der Waals surface area contributed by atoms with Crippen LogP contribution in [0.4, 0.5) is 5.69 Å². The number of hydrogen-bond donors (Lipinski definition) is 3. The van der Waals surface area contributed by atoms with Crippen molar-refractivity contribution in [2.45, 2.75) is 90.3 Å². The van der Waals surface area contributed by atoms with E-state index in [1.165, 1.54) is 32.6 Å². The molecule has 0 spiro atoms. The number of aryl methyl sites for hydroxylation is 1. The molecule has 2 saturated heterocycles.